The van der Waals surface area contributed by atoms with Gasteiger partial charge in [-0.25, -0.2) is 9.67 Å². The van der Waals surface area contributed by atoms with Crippen molar-refractivity contribution >= 4 is 41.5 Å². The van der Waals surface area contributed by atoms with Crippen molar-refractivity contribution < 1.29 is 9.59 Å². The second-order valence-corrected chi connectivity index (χ2v) is 9.38. The van der Waals surface area contributed by atoms with Crippen LogP contribution in [0.4, 0.5) is 5.82 Å². The van der Waals surface area contributed by atoms with Crippen molar-refractivity contribution in [2.45, 2.75) is 52.7 Å². The van der Waals surface area contributed by atoms with E-state index in [1.807, 2.05) is 4.57 Å². The van der Waals surface area contributed by atoms with E-state index in [9.17, 15) is 9.59 Å². The summed E-state index contributed by atoms with van der Waals surface area (Å²) >= 11 is 11.5. The summed E-state index contributed by atoms with van der Waals surface area (Å²) in [6.07, 6.45) is 3.91. The van der Waals surface area contributed by atoms with Crippen LogP contribution in [0.5, 0.6) is 0 Å². The Morgan fingerprint density at radius 2 is 2.16 bits per heavy atom. The Morgan fingerprint density at radius 1 is 1.38 bits per heavy atom. The summed E-state index contributed by atoms with van der Waals surface area (Å²) in [6.45, 7) is 6.91. The van der Waals surface area contributed by atoms with Gasteiger partial charge in [-0.3, -0.25) is 14.5 Å². The van der Waals surface area contributed by atoms with Crippen LogP contribution in [0.3, 0.4) is 0 Å². The number of anilines is 1. The van der Waals surface area contributed by atoms with E-state index in [1.165, 1.54) is 6.20 Å². The number of hydrogen-bond acceptors (Lipinski definition) is 6. The summed E-state index contributed by atoms with van der Waals surface area (Å²) < 4.78 is 4.40. The van der Waals surface area contributed by atoms with Gasteiger partial charge in [-0.15, -0.1) is 0 Å². The van der Waals surface area contributed by atoms with E-state index < -0.39 is 0 Å². The summed E-state index contributed by atoms with van der Waals surface area (Å²) in [5, 5.41) is 8.07. The van der Waals surface area contributed by atoms with Gasteiger partial charge in [0.2, 0.25) is 11.8 Å². The Bertz CT molecular complexity index is 1000. The number of aryl methyl sites for hydroxylation is 1. The molecule has 2 aromatic rings. The van der Waals surface area contributed by atoms with Crippen LogP contribution in [0.2, 0.25) is 5.02 Å². The number of piperidine rings is 1. The van der Waals surface area contributed by atoms with Crippen LogP contribution in [-0.2, 0) is 29.2 Å². The van der Waals surface area contributed by atoms with Gasteiger partial charge in [0.05, 0.1) is 17.6 Å². The minimum absolute atomic E-state index is 0.0550. The average Bonchev–Trinajstić information content (AvgIpc) is 3.02. The third-order valence-corrected chi connectivity index (χ3v) is 5.99. The topological polar surface area (TPSA) is 111 Å². The maximum Gasteiger partial charge on any atom is 0.229 e. The highest BCUT2D eigenvalue weighted by Crippen LogP contribution is 2.20. The summed E-state index contributed by atoms with van der Waals surface area (Å²) in [7, 11) is 0. The van der Waals surface area contributed by atoms with Gasteiger partial charge in [0, 0.05) is 32.1 Å². The van der Waals surface area contributed by atoms with Gasteiger partial charge in [0.1, 0.15) is 11.6 Å². The molecule has 11 heteroatoms. The van der Waals surface area contributed by atoms with Crippen molar-refractivity contribution in [3.05, 3.63) is 33.9 Å². The molecule has 3 N–H and O–H groups in total. The van der Waals surface area contributed by atoms with Crippen LogP contribution in [0.25, 0.3) is 0 Å². The van der Waals surface area contributed by atoms with Crippen molar-refractivity contribution in [3.63, 3.8) is 0 Å². The van der Waals surface area contributed by atoms with E-state index >= 15 is 0 Å². The summed E-state index contributed by atoms with van der Waals surface area (Å²) in [5.74, 6) is 1.08. The fourth-order valence-corrected chi connectivity index (χ4v) is 4.20. The summed E-state index contributed by atoms with van der Waals surface area (Å²) in [4.78, 5) is 30.3. The first-order valence-corrected chi connectivity index (χ1v) is 11.6. The van der Waals surface area contributed by atoms with E-state index in [4.69, 9.17) is 29.6 Å². The van der Waals surface area contributed by atoms with Crippen LogP contribution in [0.1, 0.15) is 38.9 Å². The van der Waals surface area contributed by atoms with Gasteiger partial charge >= 0.3 is 0 Å². The van der Waals surface area contributed by atoms with Gasteiger partial charge < -0.3 is 15.6 Å². The normalized spacial score (nSPS) is 16.9. The van der Waals surface area contributed by atoms with Crippen molar-refractivity contribution in [2.24, 2.45) is 17.6 Å². The predicted octanol–water partition coefficient (Wildman–Crippen LogP) is 2.84. The molecular formula is C21H30ClN7O2S. The SMILES string of the molecule is CC(C)Cn1c(CCC(N)=O)nn(CN2CCC[C@H](C(=O)Nc3ccc(Cl)cn3)C2)c1=S. The van der Waals surface area contributed by atoms with Crippen LogP contribution in [0, 0.1) is 16.6 Å². The number of carbonyl (C=O) groups is 2. The number of halogens is 1. The van der Waals surface area contributed by atoms with Gasteiger partial charge in [-0.1, -0.05) is 25.4 Å². The maximum absolute atomic E-state index is 12.7. The number of aromatic nitrogens is 4. The first kappa shape index (κ1) is 24.3. The fraction of sp³-hybridized carbons (Fsp3) is 0.571. The van der Waals surface area contributed by atoms with Gasteiger partial charge in [0.15, 0.2) is 4.77 Å². The highest BCUT2D eigenvalue weighted by molar-refractivity contribution is 7.71. The molecule has 0 saturated carbocycles. The Balaban J connectivity index is 1.68. The van der Waals surface area contributed by atoms with E-state index in [1.54, 1.807) is 16.8 Å². The molecule has 1 aliphatic heterocycles. The molecule has 2 aromatic heterocycles. The predicted molar refractivity (Wildman–Crippen MR) is 126 cm³/mol. The molecule has 3 rings (SSSR count). The fourth-order valence-electron chi connectivity index (χ4n) is 3.81. The number of hydrogen-bond donors (Lipinski definition) is 2. The number of primary amides is 1. The zero-order valence-corrected chi connectivity index (χ0v) is 20.0. The maximum atomic E-state index is 12.7. The molecule has 1 aliphatic rings. The second-order valence-electron chi connectivity index (χ2n) is 8.58. The lowest BCUT2D eigenvalue weighted by atomic mass is 9.97. The van der Waals surface area contributed by atoms with E-state index in [0.717, 1.165) is 31.8 Å². The minimum atomic E-state index is -0.360. The van der Waals surface area contributed by atoms with Gasteiger partial charge in [0.25, 0.3) is 0 Å². The average molecular weight is 480 g/mol. The molecule has 1 saturated heterocycles. The Hall–Kier alpha value is -2.30. The quantitative estimate of drug-likeness (QED) is 0.535. The van der Waals surface area contributed by atoms with E-state index in [-0.39, 0.29) is 24.2 Å². The molecule has 0 bridgehead atoms. The largest absolute Gasteiger partial charge is 0.370 e. The van der Waals surface area contributed by atoms with E-state index in [2.05, 4.69) is 34.1 Å². The number of nitrogens with one attached hydrogen (secondary N) is 1. The number of likely N-dealkylation sites (tertiary alicyclic amines) is 1. The van der Waals surface area contributed by atoms with Crippen LogP contribution in [-0.4, -0.2) is 49.1 Å². The van der Waals surface area contributed by atoms with Crippen LogP contribution < -0.4 is 11.1 Å². The molecule has 3 heterocycles. The smallest absolute Gasteiger partial charge is 0.229 e. The first-order valence-electron chi connectivity index (χ1n) is 10.8. The molecule has 0 aliphatic carbocycles. The lowest BCUT2D eigenvalue weighted by Crippen LogP contribution is -2.41. The molecule has 1 fully saturated rings. The Labute approximate surface area is 197 Å². The summed E-state index contributed by atoms with van der Waals surface area (Å²) in [6, 6.07) is 3.39. The highest BCUT2D eigenvalue weighted by Gasteiger charge is 2.27. The molecule has 174 valence electrons. The standard InChI is InChI=1S/C21H30ClN7O2S/c1-14(2)11-28-19(8-6-17(23)30)26-29(21(28)32)13-27-9-3-4-15(12-27)20(31)25-18-7-5-16(22)10-24-18/h5,7,10,14-15H,3-4,6,8-9,11-13H2,1-2H3,(H2,23,30)(H,24,25,31)/t15-/m0/s1. The molecule has 0 radical (unpaired) electrons. The van der Waals surface area contributed by atoms with Crippen molar-refractivity contribution in [3.8, 4) is 0 Å². The third kappa shape index (κ3) is 6.60. The molecule has 0 spiro atoms. The minimum Gasteiger partial charge on any atom is -0.370 e. The molecule has 0 aromatic carbocycles. The Morgan fingerprint density at radius 3 is 2.81 bits per heavy atom. The Kier molecular flexibility index (Phi) is 8.38. The zero-order valence-electron chi connectivity index (χ0n) is 18.5. The van der Waals surface area contributed by atoms with Crippen LogP contribution in [0.15, 0.2) is 18.3 Å². The monoisotopic (exact) mass is 479 g/mol. The van der Waals surface area contributed by atoms with Gasteiger partial charge in [-0.2, -0.15) is 5.10 Å². The van der Waals surface area contributed by atoms with Crippen molar-refractivity contribution in [1.82, 2.24) is 24.2 Å². The van der Waals surface area contributed by atoms with Crippen LogP contribution >= 0.6 is 23.8 Å². The summed E-state index contributed by atoms with van der Waals surface area (Å²) in [5.41, 5.74) is 5.33. The first-order chi connectivity index (χ1) is 15.2. The van der Waals surface area contributed by atoms with E-state index in [0.29, 0.717) is 41.2 Å². The molecule has 32 heavy (non-hydrogen) atoms. The number of pyridine rings is 1. The highest BCUT2D eigenvalue weighted by atomic mass is 35.5. The van der Waals surface area contributed by atoms with Gasteiger partial charge in [-0.05, 0) is 49.7 Å². The van der Waals surface area contributed by atoms with Crippen molar-refractivity contribution in [2.75, 3.05) is 18.4 Å². The lowest BCUT2D eigenvalue weighted by molar-refractivity contribution is -0.122. The third-order valence-electron chi connectivity index (χ3n) is 5.33. The zero-order chi connectivity index (χ0) is 23.3. The molecular weight excluding hydrogens is 450 g/mol. The number of amides is 2. The number of carbonyl (C=O) groups excluding carboxylic acids is 2. The molecule has 2 amide bonds. The lowest BCUT2D eigenvalue weighted by Gasteiger charge is -2.31. The number of nitrogens with two attached hydrogens (primary N) is 1. The van der Waals surface area contributed by atoms with Crippen molar-refractivity contribution in [1.29, 1.82) is 0 Å². The second kappa shape index (κ2) is 11.0. The molecule has 0 unspecified atom stereocenters. The molecule has 1 atom stereocenters. The number of nitrogens with zero attached hydrogens (tertiary/aromatic N) is 5. The molecule has 9 nitrogen and oxygen atoms in total. The number of rotatable bonds is 9.